The maximum Gasteiger partial charge on any atom is 0.262 e. The number of piperidine rings is 1. The highest BCUT2D eigenvalue weighted by Crippen LogP contribution is 2.30. The molecule has 0 atom stereocenters. The molecule has 0 aromatic heterocycles. The molecule has 0 radical (unpaired) electrons. The summed E-state index contributed by atoms with van der Waals surface area (Å²) in [5.74, 6) is 0.666. The zero-order valence-electron chi connectivity index (χ0n) is 18.0. The molecule has 1 aliphatic rings. The van der Waals surface area contributed by atoms with E-state index in [1.165, 1.54) is 43.5 Å². The van der Waals surface area contributed by atoms with Crippen molar-refractivity contribution < 1.29 is 19.7 Å². The predicted octanol–water partition coefficient (Wildman–Crippen LogP) is 4.94. The Bertz CT molecular complexity index is 983. The standard InChI is InChI=1S/C26H28N2O4/c29-23-11-7-21(8-12-23)28(22-9-13-24(30)14-10-22)26(31)20-5-4-6-25(19-20)32-18-17-27-15-2-1-3-16-27/h4-14,19,29-30H,1-3,15-18H2. The Morgan fingerprint density at radius 2 is 1.44 bits per heavy atom. The van der Waals surface area contributed by atoms with E-state index in [2.05, 4.69) is 4.90 Å². The molecule has 6 heteroatoms. The van der Waals surface area contributed by atoms with E-state index in [4.69, 9.17) is 4.74 Å². The summed E-state index contributed by atoms with van der Waals surface area (Å²) in [6, 6.07) is 20.1. The molecule has 1 saturated heterocycles. The minimum absolute atomic E-state index is 0.121. The molecule has 166 valence electrons. The van der Waals surface area contributed by atoms with Crippen molar-refractivity contribution in [2.45, 2.75) is 19.3 Å². The van der Waals surface area contributed by atoms with Gasteiger partial charge in [0.25, 0.3) is 5.91 Å². The lowest BCUT2D eigenvalue weighted by molar-refractivity contribution is 0.0998. The van der Waals surface area contributed by atoms with Crippen molar-refractivity contribution in [2.75, 3.05) is 31.1 Å². The van der Waals surface area contributed by atoms with Crippen LogP contribution in [0, 0.1) is 0 Å². The molecule has 1 fully saturated rings. The fraction of sp³-hybridized carbons (Fsp3) is 0.269. The molecule has 0 spiro atoms. The van der Waals surface area contributed by atoms with Crippen LogP contribution in [-0.2, 0) is 0 Å². The van der Waals surface area contributed by atoms with E-state index < -0.39 is 0 Å². The van der Waals surface area contributed by atoms with Gasteiger partial charge in [0.2, 0.25) is 0 Å². The third-order valence-electron chi connectivity index (χ3n) is 5.62. The van der Waals surface area contributed by atoms with Crippen LogP contribution in [-0.4, -0.2) is 47.3 Å². The van der Waals surface area contributed by atoms with Crippen LogP contribution in [0.25, 0.3) is 0 Å². The van der Waals surface area contributed by atoms with Crippen LogP contribution in [0.4, 0.5) is 11.4 Å². The number of phenolic OH excluding ortho intramolecular Hbond substituents is 2. The summed E-state index contributed by atoms with van der Waals surface area (Å²) in [6.45, 7) is 3.70. The molecule has 0 unspecified atom stereocenters. The summed E-state index contributed by atoms with van der Waals surface area (Å²) < 4.78 is 5.94. The molecule has 0 saturated carbocycles. The monoisotopic (exact) mass is 432 g/mol. The number of ether oxygens (including phenoxy) is 1. The molecule has 2 N–H and O–H groups in total. The number of amides is 1. The summed E-state index contributed by atoms with van der Waals surface area (Å²) in [5.41, 5.74) is 1.70. The van der Waals surface area contributed by atoms with Crippen LogP contribution >= 0.6 is 0 Å². The Balaban J connectivity index is 1.53. The molecular weight excluding hydrogens is 404 g/mol. The number of nitrogens with zero attached hydrogens (tertiary/aromatic N) is 2. The predicted molar refractivity (Wildman–Crippen MR) is 125 cm³/mol. The minimum atomic E-state index is -0.233. The Morgan fingerprint density at radius 1 is 0.844 bits per heavy atom. The highest BCUT2D eigenvalue weighted by molar-refractivity contribution is 6.11. The van der Waals surface area contributed by atoms with Gasteiger partial charge in [-0.1, -0.05) is 12.5 Å². The van der Waals surface area contributed by atoms with Gasteiger partial charge >= 0.3 is 0 Å². The molecule has 4 rings (SSSR count). The smallest absolute Gasteiger partial charge is 0.262 e. The topological polar surface area (TPSA) is 73.2 Å². The third-order valence-corrected chi connectivity index (χ3v) is 5.62. The molecule has 1 aliphatic heterocycles. The molecule has 1 amide bonds. The molecule has 3 aromatic rings. The first kappa shape index (κ1) is 21.7. The average molecular weight is 433 g/mol. The lowest BCUT2D eigenvalue weighted by atomic mass is 10.1. The highest BCUT2D eigenvalue weighted by Gasteiger charge is 2.21. The van der Waals surface area contributed by atoms with Gasteiger partial charge < -0.3 is 14.9 Å². The van der Waals surface area contributed by atoms with Crippen molar-refractivity contribution in [2.24, 2.45) is 0 Å². The fourth-order valence-electron chi connectivity index (χ4n) is 3.91. The molecule has 1 heterocycles. The second-order valence-corrected chi connectivity index (χ2v) is 7.95. The molecule has 3 aromatic carbocycles. The lowest BCUT2D eigenvalue weighted by Crippen LogP contribution is -2.33. The molecule has 0 aliphatic carbocycles. The average Bonchev–Trinajstić information content (AvgIpc) is 2.82. The van der Waals surface area contributed by atoms with E-state index in [-0.39, 0.29) is 17.4 Å². The van der Waals surface area contributed by atoms with Crippen LogP contribution in [0.1, 0.15) is 29.6 Å². The number of phenols is 2. The molecule has 32 heavy (non-hydrogen) atoms. The second-order valence-electron chi connectivity index (χ2n) is 7.95. The summed E-state index contributed by atoms with van der Waals surface area (Å²) >= 11 is 0. The van der Waals surface area contributed by atoms with Gasteiger partial charge in [0, 0.05) is 23.5 Å². The first-order valence-corrected chi connectivity index (χ1v) is 11.0. The Hall–Kier alpha value is -3.51. The summed E-state index contributed by atoms with van der Waals surface area (Å²) in [5, 5.41) is 19.3. The van der Waals surface area contributed by atoms with Gasteiger partial charge in [0.1, 0.15) is 23.9 Å². The van der Waals surface area contributed by atoms with Gasteiger partial charge in [0.15, 0.2) is 0 Å². The van der Waals surface area contributed by atoms with Crippen LogP contribution in [0.2, 0.25) is 0 Å². The van der Waals surface area contributed by atoms with E-state index in [1.54, 1.807) is 41.3 Å². The first-order valence-electron chi connectivity index (χ1n) is 11.0. The second kappa shape index (κ2) is 10.2. The van der Waals surface area contributed by atoms with Crippen LogP contribution in [0.3, 0.4) is 0 Å². The Labute approximate surface area is 188 Å². The van der Waals surface area contributed by atoms with Gasteiger partial charge in [-0.15, -0.1) is 0 Å². The maximum atomic E-state index is 13.5. The fourth-order valence-corrected chi connectivity index (χ4v) is 3.91. The number of anilines is 2. The van der Waals surface area contributed by atoms with Gasteiger partial charge in [-0.05, 0) is 92.7 Å². The van der Waals surface area contributed by atoms with E-state index in [1.807, 2.05) is 12.1 Å². The van der Waals surface area contributed by atoms with Crippen molar-refractivity contribution in [1.29, 1.82) is 0 Å². The number of benzene rings is 3. The van der Waals surface area contributed by atoms with E-state index in [0.29, 0.717) is 29.3 Å². The van der Waals surface area contributed by atoms with Crippen molar-refractivity contribution >= 4 is 17.3 Å². The summed E-state index contributed by atoms with van der Waals surface area (Å²) in [4.78, 5) is 17.5. The summed E-state index contributed by atoms with van der Waals surface area (Å²) in [6.07, 6.45) is 3.79. The molecular formula is C26H28N2O4. The normalized spacial score (nSPS) is 14.1. The Morgan fingerprint density at radius 3 is 2.03 bits per heavy atom. The number of likely N-dealkylation sites (tertiary alicyclic amines) is 1. The zero-order chi connectivity index (χ0) is 22.3. The first-order chi connectivity index (χ1) is 15.6. The van der Waals surface area contributed by atoms with Gasteiger partial charge in [-0.2, -0.15) is 0 Å². The van der Waals surface area contributed by atoms with E-state index in [0.717, 1.165) is 19.6 Å². The minimum Gasteiger partial charge on any atom is -0.508 e. The summed E-state index contributed by atoms with van der Waals surface area (Å²) in [7, 11) is 0. The largest absolute Gasteiger partial charge is 0.508 e. The molecule has 0 bridgehead atoms. The van der Waals surface area contributed by atoms with E-state index in [9.17, 15) is 15.0 Å². The number of aromatic hydroxyl groups is 2. The quantitative estimate of drug-likeness (QED) is 0.553. The third kappa shape index (κ3) is 5.39. The van der Waals surface area contributed by atoms with Crippen LogP contribution in [0.5, 0.6) is 17.2 Å². The van der Waals surface area contributed by atoms with Crippen molar-refractivity contribution in [3.8, 4) is 17.2 Å². The van der Waals surface area contributed by atoms with Gasteiger partial charge in [0.05, 0.1) is 0 Å². The lowest BCUT2D eigenvalue weighted by Gasteiger charge is -2.26. The number of carbonyl (C=O) groups is 1. The number of rotatable bonds is 7. The number of carbonyl (C=O) groups excluding carboxylic acids is 1. The highest BCUT2D eigenvalue weighted by atomic mass is 16.5. The Kier molecular flexibility index (Phi) is 6.92. The van der Waals surface area contributed by atoms with Crippen molar-refractivity contribution in [3.63, 3.8) is 0 Å². The van der Waals surface area contributed by atoms with Gasteiger partial charge in [-0.3, -0.25) is 14.6 Å². The molecule has 6 nitrogen and oxygen atoms in total. The zero-order valence-corrected chi connectivity index (χ0v) is 18.0. The van der Waals surface area contributed by atoms with Crippen molar-refractivity contribution in [1.82, 2.24) is 4.90 Å². The van der Waals surface area contributed by atoms with E-state index >= 15 is 0 Å². The number of hydrogen-bond donors (Lipinski definition) is 2. The number of hydrogen-bond acceptors (Lipinski definition) is 5. The van der Waals surface area contributed by atoms with Crippen LogP contribution in [0.15, 0.2) is 72.8 Å². The van der Waals surface area contributed by atoms with Crippen LogP contribution < -0.4 is 9.64 Å². The maximum absolute atomic E-state index is 13.5. The van der Waals surface area contributed by atoms with Gasteiger partial charge in [-0.25, -0.2) is 0 Å². The van der Waals surface area contributed by atoms with Crippen molar-refractivity contribution in [3.05, 3.63) is 78.4 Å². The SMILES string of the molecule is O=C(c1cccc(OCCN2CCCCC2)c1)N(c1ccc(O)cc1)c1ccc(O)cc1.